The fourth-order valence-corrected chi connectivity index (χ4v) is 7.78. The standard InChI is InChI=1S/C26H34O2/c1-25-14-12-20(27)17-19(25)7-8-21-22-13-16-26(28,24(22)10-9-23(21)25)15-11-18-5-3-2-4-6-18/h2-6,19-24,27-28H,7-10,12-14,16-17H2,1H3/t19-,20-,21+,22-,23-,24+,25-,26-/m0/s1. The van der Waals surface area contributed by atoms with E-state index in [0.717, 1.165) is 49.5 Å². The second-order valence-electron chi connectivity index (χ2n) is 10.4. The topological polar surface area (TPSA) is 40.5 Å². The van der Waals surface area contributed by atoms with Crippen LogP contribution in [0, 0.1) is 46.8 Å². The third kappa shape index (κ3) is 2.94. The normalized spacial score (nSPS) is 47.2. The van der Waals surface area contributed by atoms with Crippen molar-refractivity contribution in [1.82, 2.24) is 0 Å². The maximum atomic E-state index is 11.5. The van der Waals surface area contributed by atoms with Crippen LogP contribution in [0.1, 0.15) is 70.3 Å². The van der Waals surface area contributed by atoms with Crippen LogP contribution in [0.5, 0.6) is 0 Å². The number of hydrogen-bond donors (Lipinski definition) is 2. The van der Waals surface area contributed by atoms with Crippen LogP contribution in [0.2, 0.25) is 0 Å². The van der Waals surface area contributed by atoms with E-state index >= 15 is 0 Å². The summed E-state index contributed by atoms with van der Waals surface area (Å²) >= 11 is 0. The molecular weight excluding hydrogens is 344 g/mol. The van der Waals surface area contributed by atoms with Crippen LogP contribution >= 0.6 is 0 Å². The average molecular weight is 379 g/mol. The van der Waals surface area contributed by atoms with Gasteiger partial charge in [0.05, 0.1) is 6.10 Å². The SMILES string of the molecule is C[C@]12CC[C@H](O)C[C@@H]1CC[C@@H]1[C@@H]3CC[C@@](O)(C#Cc4ccccc4)[C@@H]3CC[C@@H]12. The van der Waals surface area contributed by atoms with Crippen LogP contribution in [0.25, 0.3) is 0 Å². The average Bonchev–Trinajstić information content (AvgIpc) is 3.05. The van der Waals surface area contributed by atoms with Gasteiger partial charge in [-0.3, -0.25) is 0 Å². The number of aliphatic hydroxyl groups excluding tert-OH is 1. The number of rotatable bonds is 0. The van der Waals surface area contributed by atoms with Gasteiger partial charge in [-0.05, 0) is 99.0 Å². The Morgan fingerprint density at radius 2 is 1.64 bits per heavy atom. The van der Waals surface area contributed by atoms with E-state index in [4.69, 9.17) is 0 Å². The van der Waals surface area contributed by atoms with Gasteiger partial charge in [-0.1, -0.05) is 37.0 Å². The molecule has 1 aromatic rings. The highest BCUT2D eigenvalue weighted by molar-refractivity contribution is 5.37. The zero-order chi connectivity index (χ0) is 19.4. The minimum atomic E-state index is -0.800. The molecule has 150 valence electrons. The molecule has 2 N–H and O–H groups in total. The molecule has 2 heteroatoms. The Bertz CT molecular complexity index is 777. The van der Waals surface area contributed by atoms with E-state index in [0.29, 0.717) is 23.2 Å². The van der Waals surface area contributed by atoms with Gasteiger partial charge in [-0.25, -0.2) is 0 Å². The minimum Gasteiger partial charge on any atom is -0.393 e. The van der Waals surface area contributed by atoms with Crippen LogP contribution in [0.3, 0.4) is 0 Å². The molecule has 2 nitrogen and oxygen atoms in total. The Morgan fingerprint density at radius 3 is 2.46 bits per heavy atom. The first-order chi connectivity index (χ1) is 13.5. The summed E-state index contributed by atoms with van der Waals surface area (Å²) in [7, 11) is 0. The summed E-state index contributed by atoms with van der Waals surface area (Å²) in [5.41, 5.74) is 0.608. The third-order valence-electron chi connectivity index (χ3n) is 9.24. The first-order valence-electron chi connectivity index (χ1n) is 11.5. The molecule has 4 fully saturated rings. The first kappa shape index (κ1) is 18.7. The molecule has 0 saturated heterocycles. The second kappa shape index (κ2) is 6.89. The van der Waals surface area contributed by atoms with Gasteiger partial charge >= 0.3 is 0 Å². The number of fused-ring (bicyclic) bond motifs is 5. The zero-order valence-electron chi connectivity index (χ0n) is 17.1. The fourth-order valence-electron chi connectivity index (χ4n) is 7.78. The largest absolute Gasteiger partial charge is 0.393 e. The Morgan fingerprint density at radius 1 is 0.893 bits per heavy atom. The molecule has 0 amide bonds. The van der Waals surface area contributed by atoms with E-state index in [2.05, 4.69) is 18.8 Å². The summed E-state index contributed by atoms with van der Waals surface area (Å²) in [4.78, 5) is 0. The molecular formula is C26H34O2. The van der Waals surface area contributed by atoms with Crippen LogP contribution in [-0.4, -0.2) is 21.9 Å². The number of aliphatic hydroxyl groups is 2. The molecule has 0 aliphatic heterocycles. The smallest absolute Gasteiger partial charge is 0.128 e. The Hall–Kier alpha value is -1.30. The van der Waals surface area contributed by atoms with E-state index in [9.17, 15) is 10.2 Å². The lowest BCUT2D eigenvalue weighted by molar-refractivity contribution is -0.116. The molecule has 4 aliphatic rings. The van der Waals surface area contributed by atoms with E-state index < -0.39 is 5.60 Å². The van der Waals surface area contributed by atoms with E-state index in [1.807, 2.05) is 30.3 Å². The fraction of sp³-hybridized carbons (Fsp3) is 0.692. The molecule has 8 atom stereocenters. The molecule has 5 rings (SSSR count). The van der Waals surface area contributed by atoms with E-state index in [1.165, 1.54) is 25.7 Å². The summed E-state index contributed by atoms with van der Waals surface area (Å²) in [6.07, 6.45) is 10.0. The molecule has 1 aromatic carbocycles. The van der Waals surface area contributed by atoms with Crippen molar-refractivity contribution < 1.29 is 10.2 Å². The summed E-state index contributed by atoms with van der Waals surface area (Å²) in [6.45, 7) is 2.52. The summed E-state index contributed by atoms with van der Waals surface area (Å²) in [5.74, 6) is 9.79. The Balaban J connectivity index is 1.37. The predicted octanol–water partition coefficient (Wildman–Crippen LogP) is 4.78. The lowest BCUT2D eigenvalue weighted by Gasteiger charge is -2.59. The van der Waals surface area contributed by atoms with Crippen molar-refractivity contribution in [2.24, 2.45) is 35.0 Å². The molecule has 0 bridgehead atoms. The van der Waals surface area contributed by atoms with Crippen molar-refractivity contribution in [2.75, 3.05) is 0 Å². The Kier molecular flexibility index (Phi) is 4.61. The number of benzene rings is 1. The first-order valence-corrected chi connectivity index (χ1v) is 11.5. The molecule has 4 saturated carbocycles. The lowest BCUT2D eigenvalue weighted by atomic mass is 9.47. The summed E-state index contributed by atoms with van der Waals surface area (Å²) < 4.78 is 0. The van der Waals surface area contributed by atoms with Crippen molar-refractivity contribution >= 4 is 0 Å². The highest BCUT2D eigenvalue weighted by atomic mass is 16.3. The summed E-state index contributed by atoms with van der Waals surface area (Å²) in [6, 6.07) is 10.1. The van der Waals surface area contributed by atoms with Crippen molar-refractivity contribution in [3.05, 3.63) is 35.9 Å². The van der Waals surface area contributed by atoms with Gasteiger partial charge in [0, 0.05) is 11.5 Å². The van der Waals surface area contributed by atoms with Crippen LogP contribution in [0.4, 0.5) is 0 Å². The van der Waals surface area contributed by atoms with Gasteiger partial charge < -0.3 is 10.2 Å². The molecule has 0 heterocycles. The van der Waals surface area contributed by atoms with Crippen LogP contribution < -0.4 is 0 Å². The maximum absolute atomic E-state index is 11.5. The monoisotopic (exact) mass is 378 g/mol. The lowest BCUT2D eigenvalue weighted by Crippen LogP contribution is -2.53. The molecule has 0 spiro atoms. The van der Waals surface area contributed by atoms with Crippen molar-refractivity contribution in [3.8, 4) is 11.8 Å². The molecule has 4 aliphatic carbocycles. The predicted molar refractivity (Wildman–Crippen MR) is 111 cm³/mol. The molecule has 0 aromatic heterocycles. The van der Waals surface area contributed by atoms with Crippen LogP contribution in [0.15, 0.2) is 30.3 Å². The van der Waals surface area contributed by atoms with Gasteiger partial charge in [0.25, 0.3) is 0 Å². The van der Waals surface area contributed by atoms with Gasteiger partial charge in [0.1, 0.15) is 5.60 Å². The zero-order valence-corrected chi connectivity index (χ0v) is 17.1. The minimum absolute atomic E-state index is 0.0733. The highest BCUT2D eigenvalue weighted by Gasteiger charge is 2.59. The molecule has 0 unspecified atom stereocenters. The highest BCUT2D eigenvalue weighted by Crippen LogP contribution is 2.64. The summed E-state index contributed by atoms with van der Waals surface area (Å²) in [5, 5.41) is 21.6. The van der Waals surface area contributed by atoms with E-state index in [-0.39, 0.29) is 6.10 Å². The molecule has 28 heavy (non-hydrogen) atoms. The second-order valence-corrected chi connectivity index (χ2v) is 10.4. The van der Waals surface area contributed by atoms with E-state index in [1.54, 1.807) is 0 Å². The van der Waals surface area contributed by atoms with Crippen molar-refractivity contribution in [2.45, 2.75) is 76.4 Å². The van der Waals surface area contributed by atoms with Crippen molar-refractivity contribution in [3.63, 3.8) is 0 Å². The number of hydrogen-bond acceptors (Lipinski definition) is 2. The maximum Gasteiger partial charge on any atom is 0.128 e. The Labute approximate surface area is 169 Å². The third-order valence-corrected chi connectivity index (χ3v) is 9.24. The van der Waals surface area contributed by atoms with Gasteiger partial charge in [0.2, 0.25) is 0 Å². The van der Waals surface area contributed by atoms with Gasteiger partial charge in [-0.15, -0.1) is 0 Å². The quantitative estimate of drug-likeness (QED) is 0.638. The van der Waals surface area contributed by atoms with Gasteiger partial charge in [0.15, 0.2) is 0 Å². The van der Waals surface area contributed by atoms with Crippen molar-refractivity contribution in [1.29, 1.82) is 0 Å². The van der Waals surface area contributed by atoms with Gasteiger partial charge in [-0.2, -0.15) is 0 Å². The van der Waals surface area contributed by atoms with Crippen LogP contribution in [-0.2, 0) is 0 Å². The molecule has 0 radical (unpaired) electrons.